The van der Waals surface area contributed by atoms with Gasteiger partial charge in [0, 0.05) is 33.9 Å². The molecule has 2 heterocycles. The third-order valence-corrected chi connectivity index (χ3v) is 6.61. The van der Waals surface area contributed by atoms with Crippen LogP contribution in [0.25, 0.3) is 10.9 Å². The van der Waals surface area contributed by atoms with Crippen LogP contribution in [0.5, 0.6) is 0 Å². The normalized spacial score (nSPS) is 15.7. The van der Waals surface area contributed by atoms with Crippen LogP contribution in [-0.4, -0.2) is 22.5 Å². The number of amides is 2. The van der Waals surface area contributed by atoms with E-state index in [9.17, 15) is 4.79 Å². The molecule has 5 rings (SSSR count). The molecular weight excluding hydrogens is 406 g/mol. The summed E-state index contributed by atoms with van der Waals surface area (Å²) in [6.07, 6.45) is 0.809. The maximum atomic E-state index is 13.5. The van der Waals surface area contributed by atoms with Crippen molar-refractivity contribution in [3.8, 4) is 0 Å². The standard InChI is InChI=1S/C26H24ClN3O/c1-16-10-12-18(13-11-16)25-24-20(19-6-3-4-8-23(19)28-24)14-15-30(25)26(31)29-22-9-5-7-21(27)17(22)2/h3-13,25,28H,14-15H2,1-2H3,(H,29,31). The lowest BCUT2D eigenvalue weighted by Gasteiger charge is -2.36. The fourth-order valence-corrected chi connectivity index (χ4v) is 4.66. The first-order valence-electron chi connectivity index (χ1n) is 10.5. The predicted molar refractivity (Wildman–Crippen MR) is 127 cm³/mol. The van der Waals surface area contributed by atoms with Gasteiger partial charge in [0.25, 0.3) is 0 Å². The zero-order chi connectivity index (χ0) is 21.5. The highest BCUT2D eigenvalue weighted by atomic mass is 35.5. The van der Waals surface area contributed by atoms with Crippen LogP contribution in [0.4, 0.5) is 10.5 Å². The summed E-state index contributed by atoms with van der Waals surface area (Å²) in [5, 5.41) is 4.96. The van der Waals surface area contributed by atoms with E-state index < -0.39 is 0 Å². The smallest absolute Gasteiger partial charge is 0.322 e. The molecule has 0 aliphatic carbocycles. The second-order valence-electron chi connectivity index (χ2n) is 8.16. The number of fused-ring (bicyclic) bond motifs is 3. The SMILES string of the molecule is Cc1ccc(C2c3[nH]c4ccccc4c3CCN2C(=O)Nc2cccc(Cl)c2C)cc1. The van der Waals surface area contributed by atoms with Crippen molar-refractivity contribution >= 4 is 34.2 Å². The van der Waals surface area contributed by atoms with Crippen molar-refractivity contribution in [1.29, 1.82) is 0 Å². The highest BCUT2D eigenvalue weighted by Crippen LogP contribution is 2.39. The molecule has 31 heavy (non-hydrogen) atoms. The van der Waals surface area contributed by atoms with Gasteiger partial charge in [-0.05, 0) is 55.2 Å². The van der Waals surface area contributed by atoms with Crippen LogP contribution < -0.4 is 5.32 Å². The minimum atomic E-state index is -0.184. The van der Waals surface area contributed by atoms with Crippen LogP contribution in [-0.2, 0) is 6.42 Å². The van der Waals surface area contributed by atoms with Gasteiger partial charge in [0.1, 0.15) is 0 Å². The molecule has 1 aliphatic heterocycles. The molecule has 156 valence electrons. The van der Waals surface area contributed by atoms with E-state index in [2.05, 4.69) is 59.7 Å². The van der Waals surface area contributed by atoms with E-state index in [1.54, 1.807) is 0 Å². The molecule has 3 aromatic carbocycles. The Morgan fingerprint density at radius 3 is 2.61 bits per heavy atom. The monoisotopic (exact) mass is 429 g/mol. The molecule has 0 spiro atoms. The molecule has 0 bridgehead atoms. The molecule has 0 radical (unpaired) electrons. The van der Waals surface area contributed by atoms with Crippen molar-refractivity contribution in [3.05, 3.63) is 99.7 Å². The molecule has 2 N–H and O–H groups in total. The topological polar surface area (TPSA) is 48.1 Å². The van der Waals surface area contributed by atoms with Gasteiger partial charge in [-0.15, -0.1) is 0 Å². The zero-order valence-corrected chi connectivity index (χ0v) is 18.3. The van der Waals surface area contributed by atoms with Gasteiger partial charge >= 0.3 is 6.03 Å². The number of urea groups is 1. The van der Waals surface area contributed by atoms with Gasteiger partial charge in [-0.1, -0.05) is 65.7 Å². The molecule has 1 aliphatic rings. The summed E-state index contributed by atoms with van der Waals surface area (Å²) >= 11 is 6.26. The lowest BCUT2D eigenvalue weighted by Crippen LogP contribution is -2.43. The number of carbonyl (C=O) groups is 1. The van der Waals surface area contributed by atoms with E-state index in [0.717, 1.165) is 34.4 Å². The molecule has 0 saturated carbocycles. The van der Waals surface area contributed by atoms with Crippen molar-refractivity contribution in [3.63, 3.8) is 0 Å². The number of carbonyl (C=O) groups excluding carboxylic acids is 1. The Balaban J connectivity index is 1.58. The Hall–Kier alpha value is -3.24. The number of aryl methyl sites for hydroxylation is 1. The quantitative estimate of drug-likeness (QED) is 0.369. The molecule has 4 aromatic rings. The summed E-state index contributed by atoms with van der Waals surface area (Å²) in [6.45, 7) is 4.63. The molecular formula is C26H24ClN3O. The highest BCUT2D eigenvalue weighted by molar-refractivity contribution is 6.31. The summed E-state index contributed by atoms with van der Waals surface area (Å²) < 4.78 is 0. The van der Waals surface area contributed by atoms with Crippen LogP contribution in [0.3, 0.4) is 0 Å². The Kier molecular flexibility index (Phi) is 4.95. The second-order valence-corrected chi connectivity index (χ2v) is 8.57. The first kappa shape index (κ1) is 19.7. The Morgan fingerprint density at radius 2 is 1.81 bits per heavy atom. The number of aromatic nitrogens is 1. The van der Waals surface area contributed by atoms with Crippen molar-refractivity contribution in [2.75, 3.05) is 11.9 Å². The number of halogens is 1. The Bertz CT molecular complexity index is 1280. The lowest BCUT2D eigenvalue weighted by atomic mass is 9.92. The molecule has 5 heteroatoms. The summed E-state index contributed by atoms with van der Waals surface area (Å²) in [6, 6.07) is 22.1. The summed E-state index contributed by atoms with van der Waals surface area (Å²) in [4.78, 5) is 19.0. The summed E-state index contributed by atoms with van der Waals surface area (Å²) in [5.41, 5.74) is 7.39. The fourth-order valence-electron chi connectivity index (χ4n) is 4.48. The first-order chi connectivity index (χ1) is 15.0. The van der Waals surface area contributed by atoms with Gasteiger partial charge in [-0.2, -0.15) is 0 Å². The van der Waals surface area contributed by atoms with Gasteiger partial charge in [-0.25, -0.2) is 4.79 Å². The maximum Gasteiger partial charge on any atom is 0.322 e. The molecule has 2 amide bonds. The number of rotatable bonds is 2. The van der Waals surface area contributed by atoms with Crippen LogP contribution >= 0.6 is 11.6 Å². The van der Waals surface area contributed by atoms with Gasteiger partial charge in [0.05, 0.1) is 6.04 Å². The molecule has 1 atom stereocenters. The summed E-state index contributed by atoms with van der Waals surface area (Å²) in [5.74, 6) is 0. The van der Waals surface area contributed by atoms with Gasteiger partial charge < -0.3 is 15.2 Å². The van der Waals surface area contributed by atoms with Crippen molar-refractivity contribution in [2.45, 2.75) is 26.3 Å². The molecule has 0 fully saturated rings. The number of hydrogen-bond acceptors (Lipinski definition) is 1. The number of para-hydroxylation sites is 1. The van der Waals surface area contributed by atoms with E-state index >= 15 is 0 Å². The molecule has 4 nitrogen and oxygen atoms in total. The number of anilines is 1. The molecule has 1 aromatic heterocycles. The average molecular weight is 430 g/mol. The van der Waals surface area contributed by atoms with Gasteiger partial charge in [0.15, 0.2) is 0 Å². The van der Waals surface area contributed by atoms with Crippen molar-refractivity contribution in [1.82, 2.24) is 9.88 Å². The number of aromatic amines is 1. The van der Waals surface area contributed by atoms with E-state index in [4.69, 9.17) is 11.6 Å². The minimum absolute atomic E-state index is 0.125. The zero-order valence-electron chi connectivity index (χ0n) is 17.6. The predicted octanol–water partition coefficient (Wildman–Crippen LogP) is 6.62. The number of nitrogens with one attached hydrogen (secondary N) is 2. The van der Waals surface area contributed by atoms with E-state index in [1.165, 1.54) is 16.5 Å². The third kappa shape index (κ3) is 3.47. The number of nitrogens with zero attached hydrogens (tertiary/aromatic N) is 1. The Morgan fingerprint density at radius 1 is 1.03 bits per heavy atom. The van der Waals surface area contributed by atoms with Gasteiger partial charge in [-0.3, -0.25) is 0 Å². The van der Waals surface area contributed by atoms with Crippen molar-refractivity contribution < 1.29 is 4.79 Å². The third-order valence-electron chi connectivity index (χ3n) is 6.20. The van der Waals surface area contributed by atoms with E-state index in [0.29, 0.717) is 11.6 Å². The average Bonchev–Trinajstić information content (AvgIpc) is 3.15. The van der Waals surface area contributed by atoms with Crippen molar-refractivity contribution in [2.24, 2.45) is 0 Å². The number of benzene rings is 3. The molecule has 1 unspecified atom stereocenters. The van der Waals surface area contributed by atoms with Crippen LogP contribution in [0, 0.1) is 13.8 Å². The minimum Gasteiger partial charge on any atom is -0.356 e. The number of hydrogen-bond donors (Lipinski definition) is 2. The summed E-state index contributed by atoms with van der Waals surface area (Å²) in [7, 11) is 0. The second kappa shape index (κ2) is 7.78. The lowest BCUT2D eigenvalue weighted by molar-refractivity contribution is 0.193. The Labute approximate surface area is 186 Å². The van der Waals surface area contributed by atoms with Gasteiger partial charge in [0.2, 0.25) is 0 Å². The van der Waals surface area contributed by atoms with E-state index in [-0.39, 0.29) is 12.1 Å². The van der Waals surface area contributed by atoms with E-state index in [1.807, 2.05) is 36.1 Å². The highest BCUT2D eigenvalue weighted by Gasteiger charge is 2.34. The van der Waals surface area contributed by atoms with Crippen LogP contribution in [0.2, 0.25) is 5.02 Å². The maximum absolute atomic E-state index is 13.5. The molecule has 0 saturated heterocycles. The number of H-pyrrole nitrogens is 1. The largest absolute Gasteiger partial charge is 0.356 e. The van der Waals surface area contributed by atoms with Crippen LogP contribution in [0.15, 0.2) is 66.7 Å². The van der Waals surface area contributed by atoms with Crippen LogP contribution in [0.1, 0.15) is 34.0 Å². The first-order valence-corrected chi connectivity index (χ1v) is 10.9. The fraction of sp³-hybridized carbons (Fsp3) is 0.192.